The SMILES string of the molecule is N#Cc1cccnc1-c1ccc(OCCN2CCC(N3CCOCC3)CC2)cc1. The van der Waals surface area contributed by atoms with Crippen molar-refractivity contribution in [1.82, 2.24) is 14.8 Å². The number of rotatable bonds is 6. The van der Waals surface area contributed by atoms with Crippen LogP contribution < -0.4 is 4.74 Å². The third kappa shape index (κ3) is 5.13. The van der Waals surface area contributed by atoms with Gasteiger partial charge in [0.05, 0.1) is 24.5 Å². The Kier molecular flexibility index (Phi) is 6.73. The van der Waals surface area contributed by atoms with Crippen LogP contribution in [-0.2, 0) is 4.74 Å². The molecule has 2 aromatic rings. The Morgan fingerprint density at radius 1 is 1.07 bits per heavy atom. The van der Waals surface area contributed by atoms with E-state index in [1.54, 1.807) is 18.3 Å². The van der Waals surface area contributed by atoms with Gasteiger partial charge in [0, 0.05) is 37.4 Å². The summed E-state index contributed by atoms with van der Waals surface area (Å²) in [5.74, 6) is 0.853. The molecule has 152 valence electrons. The van der Waals surface area contributed by atoms with E-state index in [0.717, 1.165) is 57.3 Å². The highest BCUT2D eigenvalue weighted by molar-refractivity contribution is 5.66. The molecule has 0 saturated carbocycles. The van der Waals surface area contributed by atoms with Gasteiger partial charge in [-0.1, -0.05) is 0 Å². The molecule has 6 nitrogen and oxygen atoms in total. The maximum absolute atomic E-state index is 9.24. The number of nitrogens with zero attached hydrogens (tertiary/aromatic N) is 4. The second-order valence-electron chi connectivity index (χ2n) is 7.61. The second-order valence-corrected chi connectivity index (χ2v) is 7.61. The van der Waals surface area contributed by atoms with E-state index >= 15 is 0 Å². The van der Waals surface area contributed by atoms with Crippen molar-refractivity contribution in [3.8, 4) is 23.1 Å². The van der Waals surface area contributed by atoms with Crippen molar-refractivity contribution in [1.29, 1.82) is 5.26 Å². The summed E-state index contributed by atoms with van der Waals surface area (Å²) in [7, 11) is 0. The number of hydrogen-bond acceptors (Lipinski definition) is 6. The largest absolute Gasteiger partial charge is 0.492 e. The first-order chi connectivity index (χ1) is 14.3. The van der Waals surface area contributed by atoms with Gasteiger partial charge in [0.2, 0.25) is 0 Å². The van der Waals surface area contributed by atoms with Gasteiger partial charge in [-0.25, -0.2) is 0 Å². The summed E-state index contributed by atoms with van der Waals surface area (Å²) in [5.41, 5.74) is 2.23. The molecular weight excluding hydrogens is 364 g/mol. The fourth-order valence-electron chi connectivity index (χ4n) is 4.18. The Morgan fingerprint density at radius 2 is 1.83 bits per heavy atom. The zero-order chi connectivity index (χ0) is 19.9. The Labute approximate surface area is 172 Å². The van der Waals surface area contributed by atoms with Gasteiger partial charge in [-0.05, 0) is 62.3 Å². The summed E-state index contributed by atoms with van der Waals surface area (Å²) in [4.78, 5) is 9.43. The molecular formula is C23H28N4O2. The van der Waals surface area contributed by atoms with Crippen LogP contribution in [-0.4, -0.2) is 73.4 Å². The van der Waals surface area contributed by atoms with Gasteiger partial charge < -0.3 is 9.47 Å². The van der Waals surface area contributed by atoms with Gasteiger partial charge in [-0.15, -0.1) is 0 Å². The molecule has 4 rings (SSSR count). The van der Waals surface area contributed by atoms with Crippen LogP contribution in [0.1, 0.15) is 18.4 Å². The number of nitriles is 1. The monoisotopic (exact) mass is 392 g/mol. The van der Waals surface area contributed by atoms with Crippen molar-refractivity contribution in [2.24, 2.45) is 0 Å². The summed E-state index contributed by atoms with van der Waals surface area (Å²) in [6.45, 7) is 7.85. The lowest BCUT2D eigenvalue weighted by Gasteiger charge is -2.40. The Hall–Kier alpha value is -2.46. The highest BCUT2D eigenvalue weighted by Gasteiger charge is 2.25. The van der Waals surface area contributed by atoms with Crippen LogP contribution in [0.2, 0.25) is 0 Å². The fourth-order valence-corrected chi connectivity index (χ4v) is 4.18. The van der Waals surface area contributed by atoms with Gasteiger partial charge in [0.15, 0.2) is 0 Å². The van der Waals surface area contributed by atoms with Crippen LogP contribution in [0.3, 0.4) is 0 Å². The standard InChI is InChI=1S/C23H28N4O2/c24-18-20-2-1-9-25-23(20)19-3-5-22(6-4-19)29-17-12-26-10-7-21(8-11-26)27-13-15-28-16-14-27/h1-6,9,21H,7-8,10-17H2. The maximum atomic E-state index is 9.24. The first-order valence-corrected chi connectivity index (χ1v) is 10.5. The average Bonchev–Trinajstić information content (AvgIpc) is 2.80. The van der Waals surface area contributed by atoms with Gasteiger partial charge in [-0.3, -0.25) is 14.8 Å². The minimum atomic E-state index is 0.585. The van der Waals surface area contributed by atoms with Gasteiger partial charge >= 0.3 is 0 Å². The molecule has 0 amide bonds. The highest BCUT2D eigenvalue weighted by Crippen LogP contribution is 2.23. The number of benzene rings is 1. The molecule has 2 fully saturated rings. The van der Waals surface area contributed by atoms with Crippen LogP contribution in [0.5, 0.6) is 5.75 Å². The smallest absolute Gasteiger partial charge is 0.119 e. The minimum absolute atomic E-state index is 0.585. The maximum Gasteiger partial charge on any atom is 0.119 e. The third-order valence-electron chi connectivity index (χ3n) is 5.85. The molecule has 0 unspecified atom stereocenters. The van der Waals surface area contributed by atoms with Gasteiger partial charge in [0.25, 0.3) is 0 Å². The van der Waals surface area contributed by atoms with Crippen LogP contribution in [0.4, 0.5) is 0 Å². The fraction of sp³-hybridized carbons (Fsp3) is 0.478. The van der Waals surface area contributed by atoms with E-state index in [4.69, 9.17) is 9.47 Å². The molecule has 1 aromatic heterocycles. The van der Waals surface area contributed by atoms with E-state index in [9.17, 15) is 5.26 Å². The zero-order valence-corrected chi connectivity index (χ0v) is 16.8. The third-order valence-corrected chi connectivity index (χ3v) is 5.85. The molecule has 0 aliphatic carbocycles. The van der Waals surface area contributed by atoms with E-state index in [1.165, 1.54) is 12.8 Å². The lowest BCUT2D eigenvalue weighted by Crippen LogP contribution is -2.49. The van der Waals surface area contributed by atoms with Crippen molar-refractivity contribution in [3.05, 3.63) is 48.2 Å². The topological polar surface area (TPSA) is 61.6 Å². The molecule has 29 heavy (non-hydrogen) atoms. The van der Waals surface area contributed by atoms with Crippen molar-refractivity contribution < 1.29 is 9.47 Å². The Morgan fingerprint density at radius 3 is 2.55 bits per heavy atom. The first kappa shape index (κ1) is 19.8. The van der Waals surface area contributed by atoms with E-state index in [0.29, 0.717) is 23.9 Å². The zero-order valence-electron chi connectivity index (χ0n) is 16.8. The second kappa shape index (κ2) is 9.84. The average molecular weight is 393 g/mol. The summed E-state index contributed by atoms with van der Waals surface area (Å²) < 4.78 is 11.4. The first-order valence-electron chi connectivity index (χ1n) is 10.5. The molecule has 2 saturated heterocycles. The number of likely N-dealkylation sites (tertiary alicyclic amines) is 1. The number of ether oxygens (including phenoxy) is 2. The number of morpholine rings is 1. The molecule has 0 bridgehead atoms. The van der Waals surface area contributed by atoms with E-state index in [2.05, 4.69) is 20.9 Å². The van der Waals surface area contributed by atoms with E-state index in [-0.39, 0.29) is 0 Å². The van der Waals surface area contributed by atoms with E-state index < -0.39 is 0 Å². The Balaban J connectivity index is 1.22. The lowest BCUT2D eigenvalue weighted by molar-refractivity contribution is 0.0000705. The van der Waals surface area contributed by atoms with Gasteiger partial charge in [0.1, 0.15) is 18.4 Å². The van der Waals surface area contributed by atoms with E-state index in [1.807, 2.05) is 24.3 Å². The van der Waals surface area contributed by atoms with Crippen LogP contribution in [0, 0.1) is 11.3 Å². The number of piperidine rings is 1. The minimum Gasteiger partial charge on any atom is -0.492 e. The molecule has 0 spiro atoms. The van der Waals surface area contributed by atoms with Crippen molar-refractivity contribution in [2.45, 2.75) is 18.9 Å². The molecule has 0 atom stereocenters. The number of pyridine rings is 1. The number of hydrogen-bond donors (Lipinski definition) is 0. The molecule has 0 N–H and O–H groups in total. The Bertz CT molecular complexity index is 820. The van der Waals surface area contributed by atoms with Crippen molar-refractivity contribution >= 4 is 0 Å². The molecule has 2 aliphatic rings. The van der Waals surface area contributed by atoms with Crippen LogP contribution >= 0.6 is 0 Å². The van der Waals surface area contributed by atoms with Gasteiger partial charge in [-0.2, -0.15) is 5.26 Å². The summed E-state index contributed by atoms with van der Waals surface area (Å²) >= 11 is 0. The lowest BCUT2D eigenvalue weighted by atomic mass is 10.0. The molecule has 2 aliphatic heterocycles. The predicted octanol–water partition coefficient (Wildman–Crippen LogP) is 2.80. The molecule has 1 aromatic carbocycles. The summed E-state index contributed by atoms with van der Waals surface area (Å²) in [6.07, 6.45) is 4.18. The molecule has 3 heterocycles. The summed E-state index contributed by atoms with van der Waals surface area (Å²) in [6, 6.07) is 14.3. The summed E-state index contributed by atoms with van der Waals surface area (Å²) in [5, 5.41) is 9.24. The number of aromatic nitrogens is 1. The van der Waals surface area contributed by atoms with Crippen LogP contribution in [0.25, 0.3) is 11.3 Å². The normalized spacial score (nSPS) is 19.0. The predicted molar refractivity (Wildman–Crippen MR) is 112 cm³/mol. The molecule has 0 radical (unpaired) electrons. The quantitative estimate of drug-likeness (QED) is 0.753. The van der Waals surface area contributed by atoms with Crippen LogP contribution in [0.15, 0.2) is 42.6 Å². The molecule has 6 heteroatoms. The highest BCUT2D eigenvalue weighted by atomic mass is 16.5. The van der Waals surface area contributed by atoms with Crippen molar-refractivity contribution in [2.75, 3.05) is 52.5 Å². The van der Waals surface area contributed by atoms with Crippen molar-refractivity contribution in [3.63, 3.8) is 0 Å².